The van der Waals surface area contributed by atoms with Crippen molar-refractivity contribution >= 4 is 5.97 Å². The monoisotopic (exact) mass is 572 g/mol. The van der Waals surface area contributed by atoms with E-state index in [1.807, 2.05) is 0 Å². The Morgan fingerprint density at radius 1 is 0.641 bits per heavy atom. The lowest BCUT2D eigenvalue weighted by Gasteiger charge is -2.45. The zero-order valence-corrected chi connectivity index (χ0v) is 21.3. The molecular weight excluding hydrogens is 532 g/mol. The molecule has 0 aromatic rings. The van der Waals surface area contributed by atoms with E-state index < -0.39 is 124 Å². The predicted molar refractivity (Wildman–Crippen MR) is 124 cm³/mol. The lowest BCUT2D eigenvalue weighted by atomic mass is 9.80. The molecule has 0 radical (unpaired) electrons. The summed E-state index contributed by atoms with van der Waals surface area (Å²) in [7, 11) is 0. The van der Waals surface area contributed by atoms with E-state index in [9.17, 15) is 55.9 Å². The van der Waals surface area contributed by atoms with Gasteiger partial charge in [-0.25, -0.2) is 4.79 Å². The summed E-state index contributed by atoms with van der Waals surface area (Å²) < 4.78 is 27.7. The largest absolute Gasteiger partial charge is 0.479 e. The molecule has 3 fully saturated rings. The van der Waals surface area contributed by atoms with Gasteiger partial charge in [-0.3, -0.25) is 0 Å². The Balaban J connectivity index is 1.68. The molecule has 3 saturated heterocycles. The highest BCUT2D eigenvalue weighted by Crippen LogP contribution is 2.34. The van der Waals surface area contributed by atoms with Crippen LogP contribution in [0.5, 0.6) is 0 Å². The van der Waals surface area contributed by atoms with Crippen molar-refractivity contribution in [1.29, 1.82) is 0 Å². The molecule has 15 atom stereocenters. The van der Waals surface area contributed by atoms with Crippen molar-refractivity contribution in [3.8, 4) is 0 Å². The Bertz CT molecular complexity index is 772. The average molecular weight is 573 g/mol. The molecule has 0 aromatic heterocycles. The van der Waals surface area contributed by atoms with E-state index in [0.717, 1.165) is 0 Å². The first-order valence-corrected chi connectivity index (χ1v) is 12.8. The van der Waals surface area contributed by atoms with Crippen LogP contribution in [0.1, 0.15) is 6.92 Å². The molecule has 0 aromatic carbocycles. The summed E-state index contributed by atoms with van der Waals surface area (Å²) >= 11 is 0. The van der Waals surface area contributed by atoms with Crippen molar-refractivity contribution in [2.45, 2.75) is 80.4 Å². The smallest absolute Gasteiger partial charge is 0.333 e. The second-order valence-corrected chi connectivity index (χ2v) is 10.2. The van der Waals surface area contributed by atoms with Crippen molar-refractivity contribution in [1.82, 2.24) is 0 Å². The first-order chi connectivity index (χ1) is 18.5. The van der Waals surface area contributed by atoms with Gasteiger partial charge < -0.3 is 74.7 Å². The molecule has 228 valence electrons. The molecule has 0 saturated carbocycles. The molecule has 10 N–H and O–H groups in total. The Morgan fingerprint density at radius 3 is 1.90 bits per heavy atom. The molecule has 0 bridgehead atoms. The van der Waals surface area contributed by atoms with Crippen LogP contribution in [0.4, 0.5) is 0 Å². The van der Waals surface area contributed by atoms with Crippen LogP contribution in [0.2, 0.25) is 0 Å². The van der Waals surface area contributed by atoms with Gasteiger partial charge in [-0.2, -0.15) is 0 Å². The van der Waals surface area contributed by atoms with E-state index in [2.05, 4.69) is 0 Å². The van der Waals surface area contributed by atoms with Crippen molar-refractivity contribution in [3.63, 3.8) is 0 Å². The quantitative estimate of drug-likeness (QED) is 0.111. The summed E-state index contributed by atoms with van der Waals surface area (Å²) in [6.07, 6.45) is -16.2. The van der Waals surface area contributed by atoms with Crippen LogP contribution in [0.25, 0.3) is 0 Å². The van der Waals surface area contributed by atoms with Crippen LogP contribution in [-0.2, 0) is 28.5 Å². The molecule has 39 heavy (non-hydrogen) atoms. The van der Waals surface area contributed by atoms with Gasteiger partial charge in [0, 0.05) is 17.8 Å². The van der Waals surface area contributed by atoms with Gasteiger partial charge in [-0.1, -0.05) is 0 Å². The minimum Gasteiger partial charge on any atom is -0.479 e. The van der Waals surface area contributed by atoms with Crippen LogP contribution in [-0.4, -0.2) is 170 Å². The van der Waals surface area contributed by atoms with Crippen molar-refractivity contribution in [3.05, 3.63) is 0 Å². The molecule has 15 unspecified atom stereocenters. The Hall–Kier alpha value is -1.09. The summed E-state index contributed by atoms with van der Waals surface area (Å²) in [5, 5.41) is 100.0. The fourth-order valence-electron chi connectivity index (χ4n) is 5.28. The number of hydrogen-bond acceptors (Lipinski definition) is 15. The molecule has 0 spiro atoms. The molecule has 3 heterocycles. The third-order valence-electron chi connectivity index (χ3n) is 7.74. The standard InChI is InChI=1S/C23H40O16/c1-8-15(27)19(31)20(32)23(37-8)36-6-11-10(12(3-25)38-13(4-26)16(11)28)5-35-7-14-18(30)17(29)9(2-24)21(39-14)22(33)34/h8-21,23-32H,2-7H2,1H3,(H,33,34). The minimum atomic E-state index is -1.61. The number of hydrogen-bond donors (Lipinski definition) is 10. The van der Waals surface area contributed by atoms with Gasteiger partial charge in [0.2, 0.25) is 0 Å². The molecule has 3 aliphatic rings. The number of aliphatic hydroxyl groups excluding tert-OH is 9. The maximum absolute atomic E-state index is 11.5. The van der Waals surface area contributed by atoms with Gasteiger partial charge in [-0.05, 0) is 6.92 Å². The Kier molecular flexibility index (Phi) is 11.8. The van der Waals surface area contributed by atoms with Gasteiger partial charge in [0.25, 0.3) is 0 Å². The topological polar surface area (TPSA) is 266 Å². The SMILES string of the molecule is CC1OC(OCC2C(O)C(CO)OC(CO)C2COCC2OC(C(=O)O)C(CO)C(O)C2O)C(O)C(O)C1O. The highest BCUT2D eigenvalue weighted by atomic mass is 16.7. The number of rotatable bonds is 11. The van der Waals surface area contributed by atoms with E-state index in [-0.39, 0.29) is 13.2 Å². The maximum Gasteiger partial charge on any atom is 0.333 e. The molecule has 16 heteroatoms. The minimum absolute atomic E-state index is 0.246. The van der Waals surface area contributed by atoms with Crippen molar-refractivity contribution < 1.29 is 79.5 Å². The summed E-state index contributed by atoms with van der Waals surface area (Å²) in [6.45, 7) is -1.37. The van der Waals surface area contributed by atoms with Gasteiger partial charge in [0.15, 0.2) is 12.4 Å². The highest BCUT2D eigenvalue weighted by Gasteiger charge is 2.49. The van der Waals surface area contributed by atoms with Crippen LogP contribution in [0, 0.1) is 17.8 Å². The fourth-order valence-corrected chi connectivity index (χ4v) is 5.28. The molecular formula is C23H40O16. The maximum atomic E-state index is 11.5. The van der Waals surface area contributed by atoms with Crippen LogP contribution in [0.3, 0.4) is 0 Å². The van der Waals surface area contributed by atoms with Gasteiger partial charge in [0.05, 0.1) is 64.1 Å². The predicted octanol–water partition coefficient (Wildman–Crippen LogP) is -5.63. The average Bonchev–Trinajstić information content (AvgIpc) is 2.91. The lowest BCUT2D eigenvalue weighted by Crippen LogP contribution is -2.60. The van der Waals surface area contributed by atoms with Gasteiger partial charge in [-0.15, -0.1) is 0 Å². The zero-order chi connectivity index (χ0) is 29.0. The zero-order valence-electron chi connectivity index (χ0n) is 21.3. The second-order valence-electron chi connectivity index (χ2n) is 10.2. The fraction of sp³-hybridized carbons (Fsp3) is 0.957. The normalized spacial score (nSPS) is 47.2. The number of carboxylic acids is 1. The van der Waals surface area contributed by atoms with Crippen LogP contribution >= 0.6 is 0 Å². The highest BCUT2D eigenvalue weighted by molar-refractivity contribution is 5.73. The molecule has 3 rings (SSSR count). The Morgan fingerprint density at radius 2 is 1.31 bits per heavy atom. The lowest BCUT2D eigenvalue weighted by molar-refractivity contribution is -0.303. The number of aliphatic hydroxyl groups is 9. The Labute approximate surface area is 223 Å². The summed E-state index contributed by atoms with van der Waals surface area (Å²) in [4.78, 5) is 11.5. The second kappa shape index (κ2) is 14.2. The number of aliphatic carboxylic acids is 1. The van der Waals surface area contributed by atoms with Gasteiger partial charge >= 0.3 is 5.97 Å². The number of ether oxygens (including phenoxy) is 5. The van der Waals surface area contributed by atoms with Gasteiger partial charge in [0.1, 0.15) is 36.6 Å². The number of carbonyl (C=O) groups is 1. The number of carboxylic acid groups (broad SMARTS) is 1. The van der Waals surface area contributed by atoms with Crippen molar-refractivity contribution in [2.75, 3.05) is 39.6 Å². The molecule has 16 nitrogen and oxygen atoms in total. The van der Waals surface area contributed by atoms with Crippen LogP contribution < -0.4 is 0 Å². The molecule has 3 aliphatic heterocycles. The van der Waals surface area contributed by atoms with E-state index >= 15 is 0 Å². The van der Waals surface area contributed by atoms with E-state index in [0.29, 0.717) is 0 Å². The third kappa shape index (κ3) is 7.04. The summed E-state index contributed by atoms with van der Waals surface area (Å²) in [5.41, 5.74) is 0. The first kappa shape index (κ1) is 32.4. The van der Waals surface area contributed by atoms with E-state index in [4.69, 9.17) is 23.7 Å². The summed E-state index contributed by atoms with van der Waals surface area (Å²) in [6, 6.07) is 0. The summed E-state index contributed by atoms with van der Waals surface area (Å²) in [5.74, 6) is -4.38. The van der Waals surface area contributed by atoms with Crippen LogP contribution in [0.15, 0.2) is 0 Å². The third-order valence-corrected chi connectivity index (χ3v) is 7.74. The van der Waals surface area contributed by atoms with E-state index in [1.54, 1.807) is 0 Å². The molecule has 0 amide bonds. The first-order valence-electron chi connectivity index (χ1n) is 12.8. The van der Waals surface area contributed by atoms with Crippen molar-refractivity contribution in [2.24, 2.45) is 17.8 Å². The molecule has 0 aliphatic carbocycles. The van der Waals surface area contributed by atoms with E-state index in [1.165, 1.54) is 6.92 Å².